The van der Waals surface area contributed by atoms with Crippen LogP contribution in [0.15, 0.2) is 23.6 Å². The summed E-state index contributed by atoms with van der Waals surface area (Å²) in [5.41, 5.74) is 0. The van der Waals surface area contributed by atoms with Crippen LogP contribution in [0.5, 0.6) is 0 Å². The molecule has 8 nitrogen and oxygen atoms in total. The summed E-state index contributed by atoms with van der Waals surface area (Å²) in [5, 5.41) is 0.107. The van der Waals surface area contributed by atoms with Gasteiger partial charge in [-0.1, -0.05) is 0 Å². The molecule has 3 heterocycles. The molecule has 0 spiro atoms. The summed E-state index contributed by atoms with van der Waals surface area (Å²) >= 11 is 0. The zero-order chi connectivity index (χ0) is 15.9. The largest absolute Gasteiger partial charge is 0.347 e. The number of hydrogen-bond acceptors (Lipinski definition) is 5. The van der Waals surface area contributed by atoms with Gasteiger partial charge in [0, 0.05) is 45.3 Å². The lowest BCUT2D eigenvalue weighted by molar-refractivity contribution is 0.142. The number of aryl methyl sites for hydroxylation is 2. The standard InChI is InChI=1S/C13H20N6O2S/c1-10-16-12(9-18(10)3)22(20,21)19-7-6-17(2)11(8-19)13-14-4-5-15-13/h4-5,9,11H,6-8H2,1-3H3,(H,14,15)/t11-/m1/s1. The molecule has 0 radical (unpaired) electrons. The number of piperazine rings is 1. The van der Waals surface area contributed by atoms with Gasteiger partial charge in [-0.25, -0.2) is 18.4 Å². The Hall–Kier alpha value is -1.71. The first-order valence-electron chi connectivity index (χ1n) is 7.09. The molecule has 1 saturated heterocycles. The van der Waals surface area contributed by atoms with Gasteiger partial charge in [0.1, 0.15) is 11.6 Å². The van der Waals surface area contributed by atoms with E-state index in [2.05, 4.69) is 19.9 Å². The molecule has 120 valence electrons. The summed E-state index contributed by atoms with van der Waals surface area (Å²) in [6.45, 7) is 3.25. The summed E-state index contributed by atoms with van der Waals surface area (Å²) < 4.78 is 28.8. The van der Waals surface area contributed by atoms with Gasteiger partial charge in [0.25, 0.3) is 10.0 Å². The number of nitrogens with zero attached hydrogens (tertiary/aromatic N) is 5. The van der Waals surface area contributed by atoms with Gasteiger partial charge in [-0.3, -0.25) is 4.90 Å². The van der Waals surface area contributed by atoms with E-state index >= 15 is 0 Å². The summed E-state index contributed by atoms with van der Waals surface area (Å²) in [6, 6.07) is -0.0802. The van der Waals surface area contributed by atoms with Gasteiger partial charge >= 0.3 is 0 Å². The van der Waals surface area contributed by atoms with E-state index in [9.17, 15) is 8.42 Å². The van der Waals surface area contributed by atoms with Crippen LogP contribution in [0.25, 0.3) is 0 Å². The van der Waals surface area contributed by atoms with E-state index in [4.69, 9.17) is 0 Å². The number of rotatable bonds is 3. The Labute approximate surface area is 129 Å². The SMILES string of the molecule is Cc1nc(S(=O)(=O)N2CCN(C)[C@@H](c3ncc[nH]3)C2)cn1C. The first-order valence-corrected chi connectivity index (χ1v) is 8.53. The molecule has 9 heteroatoms. The zero-order valence-corrected chi connectivity index (χ0v) is 13.7. The predicted octanol–water partition coefficient (Wildman–Crippen LogP) is 0.129. The fraction of sp³-hybridized carbons (Fsp3) is 0.538. The number of imidazole rings is 2. The van der Waals surface area contributed by atoms with Crippen LogP contribution >= 0.6 is 0 Å². The van der Waals surface area contributed by atoms with E-state index in [0.29, 0.717) is 25.5 Å². The van der Waals surface area contributed by atoms with Crippen molar-refractivity contribution in [2.45, 2.75) is 18.0 Å². The topological polar surface area (TPSA) is 87.1 Å². The van der Waals surface area contributed by atoms with Crippen molar-refractivity contribution in [2.75, 3.05) is 26.7 Å². The van der Waals surface area contributed by atoms with Gasteiger partial charge in [-0.2, -0.15) is 4.31 Å². The minimum Gasteiger partial charge on any atom is -0.347 e. The van der Waals surface area contributed by atoms with Crippen LogP contribution < -0.4 is 0 Å². The van der Waals surface area contributed by atoms with E-state index < -0.39 is 10.0 Å². The highest BCUT2D eigenvalue weighted by molar-refractivity contribution is 7.89. The predicted molar refractivity (Wildman–Crippen MR) is 80.7 cm³/mol. The van der Waals surface area contributed by atoms with E-state index in [1.54, 1.807) is 37.1 Å². The molecule has 1 fully saturated rings. The van der Waals surface area contributed by atoms with Gasteiger partial charge in [-0.05, 0) is 14.0 Å². The molecule has 22 heavy (non-hydrogen) atoms. The molecule has 0 amide bonds. The van der Waals surface area contributed by atoms with Crippen LogP contribution in [-0.4, -0.2) is 63.8 Å². The molecule has 0 aliphatic carbocycles. The normalized spacial score (nSPS) is 21.3. The summed E-state index contributed by atoms with van der Waals surface area (Å²) in [6.07, 6.45) is 4.99. The van der Waals surface area contributed by atoms with Crippen molar-refractivity contribution in [1.82, 2.24) is 28.7 Å². The third kappa shape index (κ3) is 2.55. The molecule has 2 aromatic rings. The molecule has 0 unspecified atom stereocenters. The van der Waals surface area contributed by atoms with Crippen molar-refractivity contribution in [3.8, 4) is 0 Å². The molecular weight excluding hydrogens is 304 g/mol. The third-order valence-corrected chi connectivity index (χ3v) is 5.87. The lowest BCUT2D eigenvalue weighted by Crippen LogP contribution is -2.49. The van der Waals surface area contributed by atoms with Crippen LogP contribution in [0.3, 0.4) is 0 Å². The minimum absolute atomic E-state index is 0.0802. The van der Waals surface area contributed by atoms with Crippen molar-refractivity contribution in [3.05, 3.63) is 30.2 Å². The summed E-state index contributed by atoms with van der Waals surface area (Å²) in [5.74, 6) is 1.45. The molecule has 1 N–H and O–H groups in total. The molecular formula is C13H20N6O2S. The van der Waals surface area contributed by atoms with Gasteiger partial charge in [0.05, 0.1) is 6.04 Å². The van der Waals surface area contributed by atoms with Gasteiger partial charge < -0.3 is 9.55 Å². The molecule has 2 aromatic heterocycles. The first-order chi connectivity index (χ1) is 10.4. The van der Waals surface area contributed by atoms with Gasteiger partial charge in [0.2, 0.25) is 0 Å². The Morgan fingerprint density at radius 1 is 1.32 bits per heavy atom. The number of aromatic nitrogens is 4. The Balaban J connectivity index is 1.88. The second kappa shape index (κ2) is 5.49. The maximum Gasteiger partial charge on any atom is 0.262 e. The maximum atomic E-state index is 12.8. The fourth-order valence-electron chi connectivity index (χ4n) is 2.60. The number of hydrogen-bond donors (Lipinski definition) is 1. The average molecular weight is 324 g/mol. The minimum atomic E-state index is -3.58. The van der Waals surface area contributed by atoms with Crippen molar-refractivity contribution < 1.29 is 8.42 Å². The van der Waals surface area contributed by atoms with E-state index in [0.717, 1.165) is 5.82 Å². The highest BCUT2D eigenvalue weighted by Crippen LogP contribution is 2.25. The quantitative estimate of drug-likeness (QED) is 0.867. The maximum absolute atomic E-state index is 12.8. The van der Waals surface area contributed by atoms with Crippen LogP contribution in [0, 0.1) is 6.92 Å². The first kappa shape index (κ1) is 15.2. The average Bonchev–Trinajstić information content (AvgIpc) is 3.10. The Morgan fingerprint density at radius 2 is 2.09 bits per heavy atom. The molecule has 0 bridgehead atoms. The summed E-state index contributed by atoms with van der Waals surface area (Å²) in [4.78, 5) is 13.6. The van der Waals surface area contributed by atoms with Crippen molar-refractivity contribution in [1.29, 1.82) is 0 Å². The number of likely N-dealkylation sites (N-methyl/N-ethyl adjacent to an activating group) is 1. The second-order valence-corrected chi connectivity index (χ2v) is 7.46. The van der Waals surface area contributed by atoms with Crippen LogP contribution in [-0.2, 0) is 17.1 Å². The Bertz CT molecular complexity index is 732. The molecule has 1 aliphatic rings. The van der Waals surface area contributed by atoms with Crippen molar-refractivity contribution in [2.24, 2.45) is 7.05 Å². The van der Waals surface area contributed by atoms with Crippen LogP contribution in [0.1, 0.15) is 17.7 Å². The Morgan fingerprint density at radius 3 is 2.68 bits per heavy atom. The van der Waals surface area contributed by atoms with Crippen molar-refractivity contribution in [3.63, 3.8) is 0 Å². The van der Waals surface area contributed by atoms with Gasteiger partial charge in [0.15, 0.2) is 5.03 Å². The van der Waals surface area contributed by atoms with E-state index in [1.165, 1.54) is 4.31 Å². The number of sulfonamides is 1. The third-order valence-electron chi connectivity index (χ3n) is 4.14. The Kier molecular flexibility index (Phi) is 3.79. The number of nitrogens with one attached hydrogen (secondary N) is 1. The lowest BCUT2D eigenvalue weighted by atomic mass is 10.2. The highest BCUT2D eigenvalue weighted by atomic mass is 32.2. The van der Waals surface area contributed by atoms with Gasteiger partial charge in [-0.15, -0.1) is 0 Å². The molecule has 1 atom stereocenters. The molecule has 0 saturated carbocycles. The zero-order valence-electron chi connectivity index (χ0n) is 12.9. The van der Waals surface area contributed by atoms with Crippen molar-refractivity contribution >= 4 is 10.0 Å². The number of H-pyrrole nitrogens is 1. The monoisotopic (exact) mass is 324 g/mol. The lowest BCUT2D eigenvalue weighted by Gasteiger charge is -2.37. The van der Waals surface area contributed by atoms with E-state index in [1.807, 2.05) is 7.05 Å². The second-order valence-electron chi connectivity index (χ2n) is 5.57. The number of aromatic amines is 1. The van der Waals surface area contributed by atoms with Crippen LogP contribution in [0.2, 0.25) is 0 Å². The van der Waals surface area contributed by atoms with Crippen LogP contribution in [0.4, 0.5) is 0 Å². The molecule has 3 rings (SSSR count). The fourth-order valence-corrected chi connectivity index (χ4v) is 4.07. The molecule has 0 aromatic carbocycles. The van der Waals surface area contributed by atoms with E-state index in [-0.39, 0.29) is 11.1 Å². The highest BCUT2D eigenvalue weighted by Gasteiger charge is 2.35. The molecule has 1 aliphatic heterocycles. The smallest absolute Gasteiger partial charge is 0.262 e. The summed E-state index contributed by atoms with van der Waals surface area (Å²) in [7, 11) is 0.185.